The van der Waals surface area contributed by atoms with E-state index in [0.717, 1.165) is 38.3 Å². The summed E-state index contributed by atoms with van der Waals surface area (Å²) in [4.78, 5) is 15.4. The molecule has 0 spiro atoms. The largest absolute Gasteiger partial charge is 0.493 e. The maximum atomic E-state index is 13.6. The number of methoxy groups -OCH3 is 2. The molecule has 10 heteroatoms. The van der Waals surface area contributed by atoms with E-state index in [2.05, 4.69) is 27.7 Å². The van der Waals surface area contributed by atoms with Crippen LogP contribution < -0.4 is 20.1 Å². The molecule has 0 bridgehead atoms. The van der Waals surface area contributed by atoms with Crippen molar-refractivity contribution in [3.63, 3.8) is 0 Å². The van der Waals surface area contributed by atoms with Gasteiger partial charge in [0.05, 0.1) is 19.8 Å². The Morgan fingerprint density at radius 2 is 1.79 bits per heavy atom. The summed E-state index contributed by atoms with van der Waals surface area (Å²) >= 11 is 0. The first-order valence-corrected chi connectivity index (χ1v) is 13.1. The zero-order chi connectivity index (χ0) is 27.1. The smallest absolute Gasteiger partial charge is 0.419 e. The summed E-state index contributed by atoms with van der Waals surface area (Å²) < 4.78 is 63.9. The molecule has 0 radical (unpaired) electrons. The maximum absolute atomic E-state index is 13.6. The lowest BCUT2D eigenvalue weighted by atomic mass is 9.64. The van der Waals surface area contributed by atoms with Gasteiger partial charge in [0, 0.05) is 29.2 Å². The zero-order valence-corrected chi connectivity index (χ0v) is 21.5. The number of urea groups is 1. The van der Waals surface area contributed by atoms with Crippen molar-refractivity contribution >= 4 is 11.7 Å². The average molecular weight is 536 g/mol. The number of hydrogen-bond donors (Lipinski definition) is 2. The van der Waals surface area contributed by atoms with Crippen molar-refractivity contribution in [2.75, 3.05) is 26.1 Å². The van der Waals surface area contributed by atoms with Gasteiger partial charge in [-0.1, -0.05) is 12.5 Å². The van der Waals surface area contributed by atoms with Crippen LogP contribution in [-0.2, 0) is 11.6 Å². The molecule has 2 aliphatic carbocycles. The highest BCUT2D eigenvalue weighted by atomic mass is 19.4. The van der Waals surface area contributed by atoms with Gasteiger partial charge in [-0.05, 0) is 81.0 Å². The number of nitrogens with zero attached hydrogens (tertiary/aromatic N) is 1. The number of anilines is 1. The monoisotopic (exact) mass is 535 g/mol. The van der Waals surface area contributed by atoms with Crippen LogP contribution in [0.4, 0.5) is 28.0 Å². The predicted molar refractivity (Wildman–Crippen MR) is 135 cm³/mol. The Hall–Kier alpha value is -3.01. The lowest BCUT2D eigenvalue weighted by Gasteiger charge is -2.48. The van der Waals surface area contributed by atoms with Crippen molar-refractivity contribution in [2.24, 2.45) is 0 Å². The molecule has 3 aliphatic rings. The number of carbonyl (C=O) groups excluding carboxylic acids is 1. The Morgan fingerprint density at radius 3 is 2.45 bits per heavy atom. The third kappa shape index (κ3) is 4.90. The lowest BCUT2D eigenvalue weighted by Crippen LogP contribution is -2.55. The van der Waals surface area contributed by atoms with Gasteiger partial charge in [-0.2, -0.15) is 13.2 Å². The molecule has 3 atom stereocenters. The van der Waals surface area contributed by atoms with Crippen LogP contribution in [0, 0.1) is 5.82 Å². The van der Waals surface area contributed by atoms with E-state index in [4.69, 9.17) is 9.47 Å². The molecule has 6 nitrogen and oxygen atoms in total. The molecule has 206 valence electrons. The fourth-order valence-electron chi connectivity index (χ4n) is 6.53. The van der Waals surface area contributed by atoms with Crippen LogP contribution in [0.2, 0.25) is 0 Å². The second-order valence-electron chi connectivity index (χ2n) is 10.6. The van der Waals surface area contributed by atoms with E-state index in [1.807, 2.05) is 6.07 Å². The Morgan fingerprint density at radius 1 is 1.03 bits per heavy atom. The quantitative estimate of drug-likeness (QED) is 0.439. The molecule has 1 saturated heterocycles. The molecule has 5 rings (SSSR count). The van der Waals surface area contributed by atoms with Crippen molar-refractivity contribution in [2.45, 2.75) is 74.7 Å². The van der Waals surface area contributed by atoms with Crippen molar-refractivity contribution in [1.29, 1.82) is 0 Å². The summed E-state index contributed by atoms with van der Waals surface area (Å²) in [5.74, 6) is -0.00327. The molecule has 2 aromatic carbocycles. The van der Waals surface area contributed by atoms with Crippen LogP contribution in [0.5, 0.6) is 11.5 Å². The molecule has 38 heavy (non-hydrogen) atoms. The third-order valence-electron chi connectivity index (χ3n) is 8.67. The van der Waals surface area contributed by atoms with Gasteiger partial charge in [-0.15, -0.1) is 0 Å². The Balaban J connectivity index is 1.33. The minimum atomic E-state index is -4.84. The molecule has 2 N–H and O–H groups in total. The average Bonchev–Trinajstić information content (AvgIpc) is 3.22. The minimum Gasteiger partial charge on any atom is -0.493 e. The number of likely N-dealkylation sites (tertiary alicyclic amines) is 1. The normalized spacial score (nSPS) is 25.8. The van der Waals surface area contributed by atoms with Crippen LogP contribution in [-0.4, -0.2) is 49.8 Å². The fourth-order valence-corrected chi connectivity index (χ4v) is 6.53. The number of rotatable bonds is 6. The maximum Gasteiger partial charge on any atom is 0.419 e. The Bertz CT molecular complexity index is 1190. The van der Waals surface area contributed by atoms with E-state index in [0.29, 0.717) is 29.7 Å². The van der Waals surface area contributed by atoms with Gasteiger partial charge < -0.3 is 20.1 Å². The van der Waals surface area contributed by atoms with Gasteiger partial charge >= 0.3 is 12.2 Å². The number of alkyl halides is 3. The molecular formula is C28H33F4N3O3. The van der Waals surface area contributed by atoms with E-state index >= 15 is 0 Å². The number of benzene rings is 2. The highest BCUT2D eigenvalue weighted by Crippen LogP contribution is 2.52. The molecule has 0 unspecified atom stereocenters. The van der Waals surface area contributed by atoms with Crippen LogP contribution in [0.3, 0.4) is 0 Å². The number of hydrogen-bond acceptors (Lipinski definition) is 4. The van der Waals surface area contributed by atoms with Crippen LogP contribution in [0.25, 0.3) is 0 Å². The predicted octanol–water partition coefficient (Wildman–Crippen LogP) is 6.10. The molecule has 1 aliphatic heterocycles. The second-order valence-corrected chi connectivity index (χ2v) is 10.6. The van der Waals surface area contributed by atoms with Crippen LogP contribution in [0.15, 0.2) is 36.4 Å². The number of fused-ring (bicyclic) bond motifs is 1. The van der Waals surface area contributed by atoms with E-state index in [1.165, 1.54) is 24.8 Å². The van der Waals surface area contributed by atoms with E-state index in [9.17, 15) is 22.4 Å². The number of ether oxygens (including phenoxy) is 2. The van der Waals surface area contributed by atoms with Gasteiger partial charge in [0.2, 0.25) is 0 Å². The summed E-state index contributed by atoms with van der Waals surface area (Å²) in [5.41, 5.74) is -0.392. The summed E-state index contributed by atoms with van der Waals surface area (Å²) in [6.45, 7) is 0.985. The number of nitrogens with one attached hydrogen (secondary N) is 2. The zero-order valence-electron chi connectivity index (χ0n) is 21.5. The molecule has 3 fully saturated rings. The first-order valence-electron chi connectivity index (χ1n) is 13.1. The second kappa shape index (κ2) is 10.3. The number of halogens is 4. The Kier molecular flexibility index (Phi) is 7.19. The van der Waals surface area contributed by atoms with Gasteiger partial charge in [-0.25, -0.2) is 9.18 Å². The van der Waals surface area contributed by atoms with E-state index < -0.39 is 23.6 Å². The molecular weight excluding hydrogens is 502 g/mol. The molecule has 2 amide bonds. The van der Waals surface area contributed by atoms with Crippen LogP contribution >= 0.6 is 0 Å². The standard InChI is InChI=1S/C28H33F4N3O3/c1-37-23-9-6-17(14-24(23)38-2)27-11-10-19(16-25(27)35(13-12-27)20-4-3-5-20)34-26(36)33-18-7-8-22(29)21(15-18)28(30,31)32/h6-9,14-15,19-20,25H,3-5,10-13,16H2,1-2H3,(H2,33,34,36)/t19-,25+,27+/m1/s1. The van der Waals surface area contributed by atoms with Crippen molar-refractivity contribution in [1.82, 2.24) is 10.2 Å². The molecule has 2 saturated carbocycles. The highest BCUT2D eigenvalue weighted by molar-refractivity contribution is 5.89. The van der Waals surface area contributed by atoms with Gasteiger partial charge in [0.1, 0.15) is 5.82 Å². The lowest BCUT2D eigenvalue weighted by molar-refractivity contribution is -0.139. The minimum absolute atomic E-state index is 0.0810. The van der Waals surface area contributed by atoms with E-state index in [-0.39, 0.29) is 23.2 Å². The van der Waals surface area contributed by atoms with Gasteiger partial charge in [0.15, 0.2) is 11.5 Å². The third-order valence-corrected chi connectivity index (χ3v) is 8.67. The number of amides is 2. The highest BCUT2D eigenvalue weighted by Gasteiger charge is 2.53. The van der Waals surface area contributed by atoms with Crippen molar-refractivity contribution in [3.05, 3.63) is 53.3 Å². The SMILES string of the molecule is COc1ccc([C@@]23CC[C@@H](NC(=O)Nc4ccc(F)c(C(F)(F)F)c4)C[C@@H]2N(C2CCC2)CC3)cc1OC. The van der Waals surface area contributed by atoms with E-state index in [1.54, 1.807) is 14.2 Å². The first-order chi connectivity index (χ1) is 18.1. The number of carbonyl (C=O) groups is 1. The summed E-state index contributed by atoms with van der Waals surface area (Å²) in [6, 6.07) is 8.61. The molecule has 1 heterocycles. The topological polar surface area (TPSA) is 62.8 Å². The van der Waals surface area contributed by atoms with Gasteiger partial charge in [-0.3, -0.25) is 4.90 Å². The van der Waals surface area contributed by atoms with Crippen molar-refractivity contribution < 1.29 is 31.8 Å². The summed E-state index contributed by atoms with van der Waals surface area (Å²) in [7, 11) is 3.24. The van der Waals surface area contributed by atoms with Gasteiger partial charge in [0.25, 0.3) is 0 Å². The molecule has 2 aromatic rings. The molecule has 0 aromatic heterocycles. The summed E-state index contributed by atoms with van der Waals surface area (Å²) in [6.07, 6.45) is 2.05. The van der Waals surface area contributed by atoms with Crippen molar-refractivity contribution in [3.8, 4) is 11.5 Å². The first kappa shape index (κ1) is 26.6. The Labute approximate surface area is 219 Å². The van der Waals surface area contributed by atoms with Crippen LogP contribution in [0.1, 0.15) is 56.1 Å². The summed E-state index contributed by atoms with van der Waals surface area (Å²) in [5, 5.41) is 5.41. The fraction of sp³-hybridized carbons (Fsp3) is 0.536.